The Morgan fingerprint density at radius 3 is 2.12 bits per heavy atom. The third-order valence-electron chi connectivity index (χ3n) is 6.42. The normalized spacial score (nSPS) is 19.8. The maximum atomic E-state index is 14.1. The number of benzene rings is 2. The van der Waals surface area contributed by atoms with Gasteiger partial charge < -0.3 is 9.80 Å². The van der Waals surface area contributed by atoms with E-state index < -0.39 is 26.6 Å². The number of amides is 2. The number of carbonyl (C=O) groups is 2. The van der Waals surface area contributed by atoms with Gasteiger partial charge in [0.1, 0.15) is 11.6 Å². The summed E-state index contributed by atoms with van der Waals surface area (Å²) in [4.78, 5) is 28.3. The topological polar surface area (TPSA) is 78.0 Å². The summed E-state index contributed by atoms with van der Waals surface area (Å²) in [5, 5.41) is 0. The number of piperidine rings is 1. The summed E-state index contributed by atoms with van der Waals surface area (Å²) in [6.45, 7) is 2.97. The minimum atomic E-state index is -4.36. The van der Waals surface area contributed by atoms with Crippen LogP contribution in [-0.2, 0) is 14.8 Å². The summed E-state index contributed by atoms with van der Waals surface area (Å²) >= 11 is 0. The van der Waals surface area contributed by atoms with Gasteiger partial charge in [-0.05, 0) is 44.0 Å². The molecule has 34 heavy (non-hydrogen) atoms. The van der Waals surface area contributed by atoms with Crippen LogP contribution in [0.4, 0.5) is 8.78 Å². The number of aryl methyl sites for hydroxylation is 1. The number of nitrogens with zero attached hydrogens (tertiary/aromatic N) is 3. The summed E-state index contributed by atoms with van der Waals surface area (Å²) in [6, 6.07) is 10.2. The number of piperazine rings is 1. The van der Waals surface area contributed by atoms with E-state index in [0.717, 1.165) is 28.1 Å². The standard InChI is InChI=1S/C24H27F2N3O4S/c1-17-7-9-18(10-8-17)23(30)28-11-3-4-19(16-28)24(31)27-12-14-29(15-13-27)34(32,33)22-20(25)5-2-6-21(22)26/h2,5-10,19H,3-4,11-16H2,1H3. The van der Waals surface area contributed by atoms with Gasteiger partial charge in [-0.2, -0.15) is 4.31 Å². The van der Waals surface area contributed by atoms with Crippen LogP contribution >= 0.6 is 0 Å². The molecule has 2 saturated heterocycles. The maximum absolute atomic E-state index is 14.1. The molecule has 0 radical (unpaired) electrons. The molecule has 2 aromatic carbocycles. The molecule has 0 aromatic heterocycles. The highest BCUT2D eigenvalue weighted by Crippen LogP contribution is 2.25. The van der Waals surface area contributed by atoms with Crippen molar-refractivity contribution in [1.82, 2.24) is 14.1 Å². The van der Waals surface area contributed by atoms with Crippen molar-refractivity contribution >= 4 is 21.8 Å². The minimum absolute atomic E-state index is 0.0550. The van der Waals surface area contributed by atoms with E-state index in [1.54, 1.807) is 21.9 Å². The lowest BCUT2D eigenvalue weighted by Gasteiger charge is -2.38. The molecule has 182 valence electrons. The highest BCUT2D eigenvalue weighted by Gasteiger charge is 2.37. The number of rotatable bonds is 4. The molecule has 0 bridgehead atoms. The summed E-state index contributed by atoms with van der Waals surface area (Å²) in [7, 11) is -4.36. The largest absolute Gasteiger partial charge is 0.340 e. The molecule has 0 N–H and O–H groups in total. The van der Waals surface area contributed by atoms with E-state index in [1.807, 2.05) is 19.1 Å². The predicted molar refractivity (Wildman–Crippen MR) is 122 cm³/mol. The van der Waals surface area contributed by atoms with E-state index in [-0.39, 0.29) is 43.9 Å². The van der Waals surface area contributed by atoms with Crippen molar-refractivity contribution in [2.45, 2.75) is 24.7 Å². The molecular formula is C24H27F2N3O4S. The highest BCUT2D eigenvalue weighted by atomic mass is 32.2. The number of likely N-dealkylation sites (tertiary alicyclic amines) is 1. The van der Waals surface area contributed by atoms with Crippen molar-refractivity contribution in [3.8, 4) is 0 Å². The van der Waals surface area contributed by atoms with E-state index in [9.17, 15) is 26.8 Å². The lowest BCUT2D eigenvalue weighted by molar-refractivity contribution is -0.138. The Balaban J connectivity index is 1.38. The Morgan fingerprint density at radius 2 is 1.50 bits per heavy atom. The van der Waals surface area contributed by atoms with Crippen LogP contribution in [0.2, 0.25) is 0 Å². The molecule has 2 aliphatic heterocycles. The molecule has 2 fully saturated rings. The zero-order valence-electron chi connectivity index (χ0n) is 18.9. The van der Waals surface area contributed by atoms with Crippen LogP contribution in [-0.4, -0.2) is 73.6 Å². The fourth-order valence-corrected chi connectivity index (χ4v) is 6.04. The van der Waals surface area contributed by atoms with Gasteiger partial charge in [0.15, 0.2) is 4.90 Å². The van der Waals surface area contributed by atoms with Crippen LogP contribution in [0.5, 0.6) is 0 Å². The predicted octanol–water partition coefficient (Wildman–Crippen LogP) is 2.66. The molecule has 1 atom stereocenters. The lowest BCUT2D eigenvalue weighted by Crippen LogP contribution is -2.54. The number of carbonyl (C=O) groups excluding carboxylic acids is 2. The van der Waals surface area contributed by atoms with Crippen LogP contribution < -0.4 is 0 Å². The molecule has 0 aliphatic carbocycles. The highest BCUT2D eigenvalue weighted by molar-refractivity contribution is 7.89. The van der Waals surface area contributed by atoms with Gasteiger partial charge in [-0.15, -0.1) is 0 Å². The average molecular weight is 492 g/mol. The fraction of sp³-hybridized carbons (Fsp3) is 0.417. The van der Waals surface area contributed by atoms with Gasteiger partial charge in [0, 0.05) is 44.8 Å². The van der Waals surface area contributed by atoms with Crippen LogP contribution in [0, 0.1) is 24.5 Å². The zero-order valence-corrected chi connectivity index (χ0v) is 19.7. The second-order valence-corrected chi connectivity index (χ2v) is 10.6. The Hall–Kier alpha value is -2.85. The van der Waals surface area contributed by atoms with E-state index in [2.05, 4.69) is 0 Å². The first-order chi connectivity index (χ1) is 16.2. The summed E-state index contributed by atoms with van der Waals surface area (Å²) < 4.78 is 54.7. The van der Waals surface area contributed by atoms with Crippen LogP contribution in [0.1, 0.15) is 28.8 Å². The van der Waals surface area contributed by atoms with E-state index in [4.69, 9.17) is 0 Å². The maximum Gasteiger partial charge on any atom is 0.253 e. The molecule has 4 rings (SSSR count). The number of hydrogen-bond acceptors (Lipinski definition) is 4. The minimum Gasteiger partial charge on any atom is -0.340 e. The van der Waals surface area contributed by atoms with Crippen molar-refractivity contribution in [3.63, 3.8) is 0 Å². The quantitative estimate of drug-likeness (QED) is 0.659. The molecule has 10 heteroatoms. The Kier molecular flexibility index (Phi) is 6.99. The Morgan fingerprint density at radius 1 is 0.882 bits per heavy atom. The molecular weight excluding hydrogens is 464 g/mol. The summed E-state index contributed by atoms with van der Waals surface area (Å²) in [6.07, 6.45) is 1.35. The lowest BCUT2D eigenvalue weighted by atomic mass is 9.95. The second kappa shape index (κ2) is 9.79. The molecule has 2 heterocycles. The van der Waals surface area contributed by atoms with Crippen LogP contribution in [0.15, 0.2) is 47.4 Å². The number of halogens is 2. The fourth-order valence-electron chi connectivity index (χ4n) is 4.51. The summed E-state index contributed by atoms with van der Waals surface area (Å²) in [5.41, 5.74) is 1.64. The van der Waals surface area contributed by atoms with Gasteiger partial charge in [0.05, 0.1) is 5.92 Å². The molecule has 0 spiro atoms. The van der Waals surface area contributed by atoms with Crippen molar-refractivity contribution in [1.29, 1.82) is 0 Å². The second-order valence-electron chi connectivity index (χ2n) is 8.74. The van der Waals surface area contributed by atoms with Gasteiger partial charge in [-0.3, -0.25) is 9.59 Å². The number of sulfonamides is 1. The molecule has 7 nitrogen and oxygen atoms in total. The third-order valence-corrected chi connectivity index (χ3v) is 8.37. The molecule has 2 amide bonds. The van der Waals surface area contributed by atoms with Gasteiger partial charge in [0.25, 0.3) is 5.91 Å². The third kappa shape index (κ3) is 4.83. The number of hydrogen-bond donors (Lipinski definition) is 0. The SMILES string of the molecule is Cc1ccc(C(=O)N2CCCC(C(=O)N3CCN(S(=O)(=O)c4c(F)cccc4F)CC3)C2)cc1. The first-order valence-corrected chi connectivity index (χ1v) is 12.7. The molecule has 2 aliphatic rings. The van der Waals surface area contributed by atoms with Crippen molar-refractivity contribution in [2.24, 2.45) is 5.92 Å². The first-order valence-electron chi connectivity index (χ1n) is 11.3. The molecule has 0 saturated carbocycles. The van der Waals surface area contributed by atoms with Crippen molar-refractivity contribution in [2.75, 3.05) is 39.3 Å². The van der Waals surface area contributed by atoms with Gasteiger partial charge >= 0.3 is 0 Å². The first kappa shape index (κ1) is 24.3. The van der Waals surface area contributed by atoms with E-state index >= 15 is 0 Å². The van der Waals surface area contributed by atoms with Crippen molar-refractivity contribution in [3.05, 3.63) is 65.2 Å². The van der Waals surface area contributed by atoms with Crippen molar-refractivity contribution < 1.29 is 26.8 Å². The van der Waals surface area contributed by atoms with Gasteiger partial charge in [0.2, 0.25) is 15.9 Å². The Bertz CT molecular complexity index is 1160. The smallest absolute Gasteiger partial charge is 0.253 e. The van der Waals surface area contributed by atoms with Crippen LogP contribution in [0.25, 0.3) is 0 Å². The van der Waals surface area contributed by atoms with Crippen LogP contribution in [0.3, 0.4) is 0 Å². The zero-order chi connectivity index (χ0) is 24.5. The molecule has 2 aromatic rings. The Labute approximate surface area is 198 Å². The monoisotopic (exact) mass is 491 g/mol. The van der Waals surface area contributed by atoms with E-state index in [1.165, 1.54) is 0 Å². The summed E-state index contributed by atoms with van der Waals surface area (Å²) in [5.74, 6) is -2.88. The molecule has 1 unspecified atom stereocenters. The van der Waals surface area contributed by atoms with Gasteiger partial charge in [-0.1, -0.05) is 23.8 Å². The average Bonchev–Trinajstić information content (AvgIpc) is 2.83. The van der Waals surface area contributed by atoms with E-state index in [0.29, 0.717) is 31.5 Å². The van der Waals surface area contributed by atoms with Gasteiger partial charge in [-0.25, -0.2) is 17.2 Å².